The smallest absolute Gasteiger partial charge is 0.252 e. The molecule has 0 saturated heterocycles. The number of fused-ring (bicyclic) bond motifs is 2. The minimum atomic E-state index is -0.0396. The highest BCUT2D eigenvalue weighted by molar-refractivity contribution is 6.33. The minimum Gasteiger partial charge on any atom is -0.395 e. The normalized spacial score (nSPS) is 23.8. The first-order valence-corrected chi connectivity index (χ1v) is 12.2. The highest BCUT2D eigenvalue weighted by atomic mass is 35.5. The van der Waals surface area contributed by atoms with Crippen LogP contribution >= 0.6 is 11.6 Å². The SMILES string of the molecule is C.CC(C)C(CO)NCCCc1ccc(Cl)c(C(=O)NCC23CCCC(CCC2)C3)c1. The van der Waals surface area contributed by atoms with Crippen molar-refractivity contribution in [3.8, 4) is 0 Å². The first-order chi connectivity index (χ1) is 14.4. The van der Waals surface area contributed by atoms with Gasteiger partial charge in [0.2, 0.25) is 0 Å². The maximum atomic E-state index is 12.9. The highest BCUT2D eigenvalue weighted by Crippen LogP contribution is 2.48. The number of rotatable bonds is 10. The fourth-order valence-electron chi connectivity index (χ4n) is 5.43. The fraction of sp³-hybridized carbons (Fsp3) is 0.731. The third-order valence-electron chi connectivity index (χ3n) is 7.31. The first-order valence-electron chi connectivity index (χ1n) is 11.8. The molecular formula is C26H43ClN2O2. The van der Waals surface area contributed by atoms with Crippen molar-refractivity contribution in [3.05, 3.63) is 34.3 Å². The maximum Gasteiger partial charge on any atom is 0.252 e. The zero-order chi connectivity index (χ0) is 21.6. The summed E-state index contributed by atoms with van der Waals surface area (Å²) in [5.74, 6) is 1.23. The Morgan fingerprint density at radius 2 is 1.97 bits per heavy atom. The molecule has 176 valence electrons. The fourth-order valence-corrected chi connectivity index (χ4v) is 5.63. The van der Waals surface area contributed by atoms with E-state index in [1.165, 1.54) is 44.9 Å². The largest absolute Gasteiger partial charge is 0.395 e. The third-order valence-corrected chi connectivity index (χ3v) is 7.64. The number of hydrogen-bond donors (Lipinski definition) is 3. The van der Waals surface area contributed by atoms with Crippen LogP contribution in [-0.4, -0.2) is 36.8 Å². The molecule has 0 aliphatic heterocycles. The van der Waals surface area contributed by atoms with Crippen LogP contribution in [0.15, 0.2) is 18.2 Å². The van der Waals surface area contributed by atoms with Gasteiger partial charge in [-0.1, -0.05) is 64.6 Å². The van der Waals surface area contributed by atoms with Crippen molar-refractivity contribution in [1.29, 1.82) is 0 Å². The molecule has 1 atom stereocenters. The van der Waals surface area contributed by atoms with Gasteiger partial charge in [-0.05, 0) is 73.6 Å². The van der Waals surface area contributed by atoms with Crippen molar-refractivity contribution in [1.82, 2.24) is 10.6 Å². The molecule has 1 aromatic rings. The summed E-state index contributed by atoms with van der Waals surface area (Å²) >= 11 is 6.37. The zero-order valence-corrected chi connectivity index (χ0v) is 19.4. The quantitative estimate of drug-likeness (QED) is 0.406. The molecule has 2 saturated carbocycles. The topological polar surface area (TPSA) is 61.4 Å². The summed E-state index contributed by atoms with van der Waals surface area (Å²) < 4.78 is 0. The summed E-state index contributed by atoms with van der Waals surface area (Å²) in [5.41, 5.74) is 2.04. The molecule has 0 aromatic heterocycles. The molecular weight excluding hydrogens is 408 g/mol. The van der Waals surface area contributed by atoms with Gasteiger partial charge in [-0.15, -0.1) is 0 Å². The number of amides is 1. The molecule has 31 heavy (non-hydrogen) atoms. The Bertz CT molecular complexity index is 697. The van der Waals surface area contributed by atoms with Crippen molar-refractivity contribution < 1.29 is 9.90 Å². The van der Waals surface area contributed by atoms with Crippen LogP contribution < -0.4 is 10.6 Å². The lowest BCUT2D eigenvalue weighted by Crippen LogP contribution is -2.43. The van der Waals surface area contributed by atoms with Crippen molar-refractivity contribution >= 4 is 17.5 Å². The van der Waals surface area contributed by atoms with Crippen LogP contribution in [0.2, 0.25) is 5.02 Å². The number of carbonyl (C=O) groups excluding carboxylic acids is 1. The van der Waals surface area contributed by atoms with Crippen molar-refractivity contribution in [2.75, 3.05) is 19.7 Å². The van der Waals surface area contributed by atoms with E-state index in [4.69, 9.17) is 11.6 Å². The molecule has 1 amide bonds. The second kappa shape index (κ2) is 12.2. The summed E-state index contributed by atoms with van der Waals surface area (Å²) in [6.45, 7) is 6.00. The van der Waals surface area contributed by atoms with Crippen molar-refractivity contribution in [2.24, 2.45) is 17.3 Å². The Balaban J connectivity index is 0.00000341. The Labute approximate surface area is 194 Å². The van der Waals surface area contributed by atoms with E-state index in [1.807, 2.05) is 18.2 Å². The molecule has 1 aromatic carbocycles. The summed E-state index contributed by atoms with van der Waals surface area (Å²) in [5, 5.41) is 16.6. The van der Waals surface area contributed by atoms with Crippen LogP contribution in [0.3, 0.4) is 0 Å². The number of aliphatic hydroxyl groups is 1. The molecule has 4 nitrogen and oxygen atoms in total. The van der Waals surface area contributed by atoms with E-state index in [0.29, 0.717) is 21.9 Å². The van der Waals surface area contributed by atoms with Gasteiger partial charge in [0.1, 0.15) is 0 Å². The number of hydrogen-bond acceptors (Lipinski definition) is 3. The molecule has 5 heteroatoms. The van der Waals surface area contributed by atoms with Gasteiger partial charge < -0.3 is 15.7 Å². The monoisotopic (exact) mass is 450 g/mol. The number of nitrogens with one attached hydrogen (secondary N) is 2. The lowest BCUT2D eigenvalue weighted by atomic mass is 9.62. The number of halogens is 1. The Morgan fingerprint density at radius 3 is 2.61 bits per heavy atom. The second-order valence-corrected chi connectivity index (χ2v) is 10.3. The molecule has 2 bridgehead atoms. The van der Waals surface area contributed by atoms with E-state index in [0.717, 1.165) is 37.4 Å². The van der Waals surface area contributed by atoms with Crippen LogP contribution in [0.25, 0.3) is 0 Å². The predicted molar refractivity (Wildman–Crippen MR) is 131 cm³/mol. The van der Waals surface area contributed by atoms with Crippen molar-refractivity contribution in [2.45, 2.75) is 85.1 Å². The summed E-state index contributed by atoms with van der Waals surface area (Å²) in [6, 6.07) is 5.94. The number of aliphatic hydroxyl groups excluding tert-OH is 1. The predicted octanol–water partition coefficient (Wildman–Crippen LogP) is 5.61. The third kappa shape index (κ3) is 7.20. The number of aryl methyl sites for hydroxylation is 1. The van der Waals surface area contributed by atoms with E-state index in [9.17, 15) is 9.90 Å². The summed E-state index contributed by atoms with van der Waals surface area (Å²) in [7, 11) is 0. The molecule has 1 unspecified atom stereocenters. The van der Waals surface area contributed by atoms with Crippen molar-refractivity contribution in [3.63, 3.8) is 0 Å². The molecule has 0 radical (unpaired) electrons. The average Bonchev–Trinajstić information content (AvgIpc) is 2.73. The average molecular weight is 451 g/mol. The minimum absolute atomic E-state index is 0. The summed E-state index contributed by atoms with van der Waals surface area (Å²) in [4.78, 5) is 12.9. The molecule has 3 rings (SSSR count). The van der Waals surface area contributed by atoms with Gasteiger partial charge >= 0.3 is 0 Å². The second-order valence-electron chi connectivity index (χ2n) is 9.94. The van der Waals surface area contributed by atoms with Crippen LogP contribution in [0.5, 0.6) is 0 Å². The van der Waals surface area contributed by atoms with Crippen LogP contribution in [0, 0.1) is 17.3 Å². The van der Waals surface area contributed by atoms with E-state index in [2.05, 4.69) is 24.5 Å². The number of carbonyl (C=O) groups is 1. The van der Waals surface area contributed by atoms with Crippen LogP contribution in [-0.2, 0) is 6.42 Å². The Hall–Kier alpha value is -1.10. The standard InChI is InChI=1S/C25H39ClN2O2.CH4/c1-18(2)23(16-29)27-13-5-8-19-9-10-22(26)21(14-19)24(30)28-17-25-11-3-6-20(15-25)7-4-12-25;/h9-10,14,18,20,23,27,29H,3-8,11-13,15-17H2,1-2H3,(H,28,30);1H4. The highest BCUT2D eigenvalue weighted by Gasteiger charge is 2.39. The zero-order valence-electron chi connectivity index (χ0n) is 18.7. The van der Waals surface area contributed by atoms with Gasteiger partial charge in [-0.25, -0.2) is 0 Å². The van der Waals surface area contributed by atoms with Gasteiger partial charge in [0.25, 0.3) is 5.91 Å². The van der Waals surface area contributed by atoms with E-state index in [1.54, 1.807) is 0 Å². The van der Waals surface area contributed by atoms with Crippen LogP contribution in [0.1, 0.15) is 88.6 Å². The van der Waals surface area contributed by atoms with Crippen LogP contribution in [0.4, 0.5) is 0 Å². The molecule has 3 N–H and O–H groups in total. The molecule has 0 spiro atoms. The number of benzene rings is 1. The molecule has 0 heterocycles. The molecule has 2 aliphatic rings. The maximum absolute atomic E-state index is 12.9. The summed E-state index contributed by atoms with van der Waals surface area (Å²) in [6.07, 6.45) is 11.0. The van der Waals surface area contributed by atoms with Gasteiger partial charge in [0.05, 0.1) is 17.2 Å². The van der Waals surface area contributed by atoms with Gasteiger partial charge in [0, 0.05) is 12.6 Å². The van der Waals surface area contributed by atoms with E-state index < -0.39 is 0 Å². The lowest BCUT2D eigenvalue weighted by Gasteiger charge is -2.45. The molecule has 2 fully saturated rings. The van der Waals surface area contributed by atoms with Gasteiger partial charge in [-0.3, -0.25) is 4.79 Å². The van der Waals surface area contributed by atoms with E-state index in [-0.39, 0.29) is 26.0 Å². The van der Waals surface area contributed by atoms with E-state index >= 15 is 0 Å². The van der Waals surface area contributed by atoms with Gasteiger partial charge in [-0.2, -0.15) is 0 Å². The van der Waals surface area contributed by atoms with Gasteiger partial charge in [0.15, 0.2) is 0 Å². The lowest BCUT2D eigenvalue weighted by molar-refractivity contribution is 0.0681. The Morgan fingerprint density at radius 1 is 1.26 bits per heavy atom. The molecule has 2 aliphatic carbocycles. The first kappa shape index (κ1) is 26.2. The Kier molecular flexibility index (Phi) is 10.3.